The first-order valence-corrected chi connectivity index (χ1v) is 7.49. The minimum atomic E-state index is -0.634. The van der Waals surface area contributed by atoms with Gasteiger partial charge in [-0.05, 0) is 38.5 Å². The fourth-order valence-corrected chi connectivity index (χ4v) is 1.84. The molecule has 2 N–H and O–H groups in total. The van der Waals surface area contributed by atoms with Crippen molar-refractivity contribution < 1.29 is 10.2 Å². The van der Waals surface area contributed by atoms with Gasteiger partial charge < -0.3 is 10.2 Å². The Kier molecular flexibility index (Phi) is 13.0. The Labute approximate surface area is 118 Å². The lowest BCUT2D eigenvalue weighted by molar-refractivity contribution is 0.0153. The molecule has 0 rings (SSSR count). The SMILES string of the molecule is C=CCCCCC[C@@H](O)[C@@H](O)C/C=C\C/C=C\CC. The van der Waals surface area contributed by atoms with E-state index in [2.05, 4.69) is 25.7 Å². The molecule has 0 amide bonds. The summed E-state index contributed by atoms with van der Waals surface area (Å²) in [5.74, 6) is 0. The van der Waals surface area contributed by atoms with Crippen LogP contribution >= 0.6 is 0 Å². The molecule has 0 aliphatic carbocycles. The van der Waals surface area contributed by atoms with Crippen molar-refractivity contribution in [2.45, 2.75) is 70.5 Å². The monoisotopic (exact) mass is 266 g/mol. The van der Waals surface area contributed by atoms with Crippen LogP contribution in [0.3, 0.4) is 0 Å². The maximum absolute atomic E-state index is 9.80. The molecule has 0 radical (unpaired) electrons. The Morgan fingerprint density at radius 3 is 2.37 bits per heavy atom. The number of unbranched alkanes of at least 4 members (excludes halogenated alkanes) is 3. The van der Waals surface area contributed by atoms with E-state index >= 15 is 0 Å². The Bertz CT molecular complexity index is 256. The van der Waals surface area contributed by atoms with E-state index in [1.54, 1.807) is 0 Å². The molecule has 0 aromatic rings. The van der Waals surface area contributed by atoms with E-state index in [-0.39, 0.29) is 0 Å². The van der Waals surface area contributed by atoms with Gasteiger partial charge in [0, 0.05) is 0 Å². The van der Waals surface area contributed by atoms with Gasteiger partial charge in [-0.3, -0.25) is 0 Å². The third-order valence-electron chi connectivity index (χ3n) is 3.07. The van der Waals surface area contributed by atoms with Crippen molar-refractivity contribution >= 4 is 0 Å². The Balaban J connectivity index is 3.60. The molecule has 0 saturated carbocycles. The second-order valence-electron chi connectivity index (χ2n) is 4.88. The Morgan fingerprint density at radius 1 is 0.947 bits per heavy atom. The molecular weight excluding hydrogens is 236 g/mol. The average molecular weight is 266 g/mol. The summed E-state index contributed by atoms with van der Waals surface area (Å²) in [4.78, 5) is 0. The fourth-order valence-electron chi connectivity index (χ4n) is 1.84. The van der Waals surface area contributed by atoms with E-state index in [0.717, 1.165) is 38.5 Å². The van der Waals surface area contributed by atoms with Crippen molar-refractivity contribution in [1.29, 1.82) is 0 Å². The number of aliphatic hydroxyl groups is 2. The number of aliphatic hydroxyl groups excluding tert-OH is 2. The molecule has 2 atom stereocenters. The van der Waals surface area contributed by atoms with Gasteiger partial charge in [0.25, 0.3) is 0 Å². The molecule has 0 fully saturated rings. The number of hydrogen-bond acceptors (Lipinski definition) is 2. The molecule has 19 heavy (non-hydrogen) atoms. The maximum atomic E-state index is 9.80. The summed E-state index contributed by atoms with van der Waals surface area (Å²) in [7, 11) is 0. The molecular formula is C17H30O2. The van der Waals surface area contributed by atoms with Gasteiger partial charge >= 0.3 is 0 Å². The largest absolute Gasteiger partial charge is 0.390 e. The summed E-state index contributed by atoms with van der Waals surface area (Å²) in [6.45, 7) is 5.79. The minimum absolute atomic E-state index is 0.536. The fraction of sp³-hybridized carbons (Fsp3) is 0.647. The predicted octanol–water partition coefficient (Wildman–Crippen LogP) is 4.15. The predicted molar refractivity (Wildman–Crippen MR) is 83.1 cm³/mol. The standard InChI is InChI=1S/C17H30O2/c1-3-5-7-9-11-13-15-17(19)16(18)14-12-10-8-6-4-2/h4-5,7,11,13,16-19H,2-3,6,8-10,12,14-15H2,1H3/b7-5-,13-11-/t16-,17+/m1/s1. The van der Waals surface area contributed by atoms with E-state index in [1.165, 1.54) is 0 Å². The maximum Gasteiger partial charge on any atom is 0.0833 e. The highest BCUT2D eigenvalue weighted by molar-refractivity contribution is 4.93. The van der Waals surface area contributed by atoms with E-state index in [9.17, 15) is 10.2 Å². The average Bonchev–Trinajstić information content (AvgIpc) is 2.42. The molecule has 0 heterocycles. The second-order valence-corrected chi connectivity index (χ2v) is 4.88. The molecule has 0 saturated heterocycles. The lowest BCUT2D eigenvalue weighted by atomic mass is 10.0. The van der Waals surface area contributed by atoms with Gasteiger partial charge in [-0.1, -0.05) is 50.1 Å². The highest BCUT2D eigenvalue weighted by Gasteiger charge is 2.13. The Hall–Kier alpha value is -0.860. The third kappa shape index (κ3) is 11.9. The van der Waals surface area contributed by atoms with Crippen LogP contribution in [0.1, 0.15) is 58.3 Å². The van der Waals surface area contributed by atoms with E-state index in [1.807, 2.05) is 18.2 Å². The second kappa shape index (κ2) is 13.6. The molecule has 0 aliphatic heterocycles. The zero-order valence-electron chi connectivity index (χ0n) is 12.3. The molecule has 0 aliphatic rings. The quantitative estimate of drug-likeness (QED) is 0.411. The normalized spacial score (nSPS) is 15.1. The van der Waals surface area contributed by atoms with Gasteiger partial charge in [0.2, 0.25) is 0 Å². The van der Waals surface area contributed by atoms with Crippen molar-refractivity contribution in [3.63, 3.8) is 0 Å². The van der Waals surface area contributed by atoms with Crippen LogP contribution in [0, 0.1) is 0 Å². The first-order chi connectivity index (χ1) is 9.22. The minimum Gasteiger partial charge on any atom is -0.390 e. The molecule has 2 heteroatoms. The van der Waals surface area contributed by atoms with Crippen LogP contribution < -0.4 is 0 Å². The summed E-state index contributed by atoms with van der Waals surface area (Å²) in [5, 5.41) is 19.6. The van der Waals surface area contributed by atoms with Crippen molar-refractivity contribution in [3.05, 3.63) is 37.0 Å². The first-order valence-electron chi connectivity index (χ1n) is 7.49. The van der Waals surface area contributed by atoms with Crippen LogP contribution in [-0.4, -0.2) is 22.4 Å². The lowest BCUT2D eigenvalue weighted by Crippen LogP contribution is -2.25. The number of rotatable bonds is 12. The highest BCUT2D eigenvalue weighted by atomic mass is 16.3. The molecule has 2 nitrogen and oxygen atoms in total. The van der Waals surface area contributed by atoms with E-state index in [0.29, 0.717) is 12.8 Å². The van der Waals surface area contributed by atoms with Crippen LogP contribution in [0.15, 0.2) is 37.0 Å². The highest BCUT2D eigenvalue weighted by Crippen LogP contribution is 2.11. The van der Waals surface area contributed by atoms with Crippen molar-refractivity contribution in [2.24, 2.45) is 0 Å². The molecule has 0 aromatic heterocycles. The summed E-state index contributed by atoms with van der Waals surface area (Å²) in [6, 6.07) is 0. The van der Waals surface area contributed by atoms with E-state index in [4.69, 9.17) is 0 Å². The van der Waals surface area contributed by atoms with Gasteiger partial charge in [0.15, 0.2) is 0 Å². The van der Waals surface area contributed by atoms with Crippen LogP contribution in [0.4, 0.5) is 0 Å². The van der Waals surface area contributed by atoms with Crippen molar-refractivity contribution in [1.82, 2.24) is 0 Å². The first kappa shape index (κ1) is 18.1. The molecule has 0 aromatic carbocycles. The van der Waals surface area contributed by atoms with Gasteiger partial charge in [-0.25, -0.2) is 0 Å². The molecule has 0 bridgehead atoms. The van der Waals surface area contributed by atoms with Gasteiger partial charge in [-0.2, -0.15) is 0 Å². The third-order valence-corrected chi connectivity index (χ3v) is 3.07. The Morgan fingerprint density at radius 2 is 1.68 bits per heavy atom. The van der Waals surface area contributed by atoms with Crippen LogP contribution in [0.5, 0.6) is 0 Å². The number of hydrogen-bond donors (Lipinski definition) is 2. The zero-order valence-corrected chi connectivity index (χ0v) is 12.3. The van der Waals surface area contributed by atoms with Gasteiger partial charge in [0.1, 0.15) is 0 Å². The van der Waals surface area contributed by atoms with Crippen molar-refractivity contribution in [3.8, 4) is 0 Å². The van der Waals surface area contributed by atoms with Gasteiger partial charge in [-0.15, -0.1) is 6.58 Å². The summed E-state index contributed by atoms with van der Waals surface area (Å²) in [6.07, 6.45) is 16.3. The molecule has 110 valence electrons. The van der Waals surface area contributed by atoms with Crippen molar-refractivity contribution in [2.75, 3.05) is 0 Å². The van der Waals surface area contributed by atoms with Crippen LogP contribution in [-0.2, 0) is 0 Å². The molecule has 0 unspecified atom stereocenters. The summed E-state index contributed by atoms with van der Waals surface area (Å²) < 4.78 is 0. The molecule has 0 spiro atoms. The smallest absolute Gasteiger partial charge is 0.0833 e. The summed E-state index contributed by atoms with van der Waals surface area (Å²) >= 11 is 0. The zero-order chi connectivity index (χ0) is 14.3. The van der Waals surface area contributed by atoms with Crippen LogP contribution in [0.2, 0.25) is 0 Å². The summed E-state index contributed by atoms with van der Waals surface area (Å²) in [5.41, 5.74) is 0. The van der Waals surface area contributed by atoms with Gasteiger partial charge in [0.05, 0.1) is 12.2 Å². The van der Waals surface area contributed by atoms with E-state index < -0.39 is 12.2 Å². The number of allylic oxidation sites excluding steroid dienone is 4. The topological polar surface area (TPSA) is 40.5 Å². The van der Waals surface area contributed by atoms with Crippen LogP contribution in [0.25, 0.3) is 0 Å². The lowest BCUT2D eigenvalue weighted by Gasteiger charge is -2.16.